The molecule has 144 valence electrons. The Morgan fingerprint density at radius 3 is 2.56 bits per heavy atom. The van der Waals surface area contributed by atoms with Crippen LogP contribution in [0.25, 0.3) is 0 Å². The number of anilines is 1. The highest BCUT2D eigenvalue weighted by Gasteiger charge is 2.30. The van der Waals surface area contributed by atoms with Crippen molar-refractivity contribution >= 4 is 29.3 Å². The van der Waals surface area contributed by atoms with Gasteiger partial charge in [-0.1, -0.05) is 30.0 Å². The Morgan fingerprint density at radius 2 is 1.93 bits per heavy atom. The molecule has 1 heterocycles. The Bertz CT molecular complexity index is 840. The van der Waals surface area contributed by atoms with Crippen LogP contribution in [0.2, 0.25) is 0 Å². The molecule has 2 amide bonds. The second-order valence-corrected chi connectivity index (χ2v) is 8.27. The third-order valence-corrected chi connectivity index (χ3v) is 5.77. The summed E-state index contributed by atoms with van der Waals surface area (Å²) >= 11 is 1.35. The number of aromatic nitrogens is 3. The summed E-state index contributed by atoms with van der Waals surface area (Å²) in [6, 6.07) is 5.83. The molecule has 1 aromatic carbocycles. The SMILES string of the molecule is Cc1cccc(C)c1NC(=O)CNC(=O)[C@@H](C)Sc1nnc(C2CC2)n1C. The van der Waals surface area contributed by atoms with Crippen molar-refractivity contribution in [1.82, 2.24) is 20.1 Å². The van der Waals surface area contributed by atoms with E-state index in [4.69, 9.17) is 0 Å². The predicted octanol–water partition coefficient (Wildman–Crippen LogP) is 2.54. The number of para-hydroxylation sites is 1. The smallest absolute Gasteiger partial charge is 0.243 e. The van der Waals surface area contributed by atoms with Gasteiger partial charge in [-0.2, -0.15) is 0 Å². The van der Waals surface area contributed by atoms with Gasteiger partial charge < -0.3 is 15.2 Å². The summed E-state index contributed by atoms with van der Waals surface area (Å²) < 4.78 is 1.96. The van der Waals surface area contributed by atoms with Crippen LogP contribution in [0.3, 0.4) is 0 Å². The first-order valence-corrected chi connectivity index (χ1v) is 9.94. The van der Waals surface area contributed by atoms with Gasteiger partial charge >= 0.3 is 0 Å². The van der Waals surface area contributed by atoms with Crippen molar-refractivity contribution in [3.8, 4) is 0 Å². The molecule has 27 heavy (non-hydrogen) atoms. The highest BCUT2D eigenvalue weighted by molar-refractivity contribution is 8.00. The van der Waals surface area contributed by atoms with Crippen LogP contribution in [0.4, 0.5) is 5.69 Å². The van der Waals surface area contributed by atoms with Gasteiger partial charge in [-0.25, -0.2) is 0 Å². The summed E-state index contributed by atoms with van der Waals surface area (Å²) in [5.74, 6) is 1.05. The van der Waals surface area contributed by atoms with Crippen LogP contribution in [-0.2, 0) is 16.6 Å². The molecule has 0 radical (unpaired) electrons. The highest BCUT2D eigenvalue weighted by atomic mass is 32.2. The lowest BCUT2D eigenvalue weighted by Gasteiger charge is -2.13. The molecule has 3 rings (SSSR count). The Kier molecular flexibility index (Phi) is 5.84. The fourth-order valence-electron chi connectivity index (χ4n) is 2.84. The number of hydrogen-bond acceptors (Lipinski definition) is 5. The molecular formula is C19H25N5O2S. The zero-order valence-electron chi connectivity index (χ0n) is 16.1. The topological polar surface area (TPSA) is 88.9 Å². The molecule has 1 aliphatic rings. The van der Waals surface area contributed by atoms with E-state index in [0.717, 1.165) is 40.6 Å². The fraction of sp³-hybridized carbons (Fsp3) is 0.474. The Hall–Kier alpha value is -2.35. The van der Waals surface area contributed by atoms with E-state index in [2.05, 4.69) is 20.8 Å². The van der Waals surface area contributed by atoms with Crippen LogP contribution < -0.4 is 10.6 Å². The standard InChI is InChI=1S/C19H25N5O2S/c1-11-6-5-7-12(2)16(11)21-15(25)10-20-18(26)13(3)27-19-23-22-17(24(19)4)14-8-9-14/h5-7,13-14H,8-10H2,1-4H3,(H,20,26)(H,21,25)/t13-/m1/s1. The van der Waals surface area contributed by atoms with Crippen molar-refractivity contribution in [2.75, 3.05) is 11.9 Å². The van der Waals surface area contributed by atoms with Gasteiger partial charge in [0.15, 0.2) is 5.16 Å². The molecule has 0 spiro atoms. The maximum Gasteiger partial charge on any atom is 0.243 e. The van der Waals surface area contributed by atoms with Crippen LogP contribution in [0, 0.1) is 13.8 Å². The van der Waals surface area contributed by atoms with Gasteiger partial charge in [-0.05, 0) is 44.7 Å². The first-order chi connectivity index (χ1) is 12.9. The van der Waals surface area contributed by atoms with Gasteiger partial charge in [0.2, 0.25) is 11.8 Å². The van der Waals surface area contributed by atoms with Gasteiger partial charge in [0.1, 0.15) is 5.82 Å². The molecule has 1 atom stereocenters. The second kappa shape index (κ2) is 8.12. The lowest BCUT2D eigenvalue weighted by molar-refractivity contribution is -0.123. The molecule has 0 bridgehead atoms. The number of aryl methyl sites for hydroxylation is 2. The van der Waals surface area contributed by atoms with Crippen molar-refractivity contribution < 1.29 is 9.59 Å². The Morgan fingerprint density at radius 1 is 1.26 bits per heavy atom. The number of nitrogens with zero attached hydrogens (tertiary/aromatic N) is 3. The summed E-state index contributed by atoms with van der Waals surface area (Å²) in [4.78, 5) is 24.5. The minimum Gasteiger partial charge on any atom is -0.346 e. The largest absolute Gasteiger partial charge is 0.346 e. The van der Waals surface area contributed by atoms with E-state index in [9.17, 15) is 9.59 Å². The van der Waals surface area contributed by atoms with Gasteiger partial charge in [-0.15, -0.1) is 10.2 Å². The summed E-state index contributed by atoms with van der Waals surface area (Å²) in [5.41, 5.74) is 2.78. The number of carbonyl (C=O) groups is 2. The highest BCUT2D eigenvalue weighted by Crippen LogP contribution is 2.39. The number of thioether (sulfide) groups is 1. The first kappa shape index (κ1) is 19.4. The number of amides is 2. The zero-order valence-corrected chi connectivity index (χ0v) is 16.9. The van der Waals surface area contributed by atoms with Crippen molar-refractivity contribution in [3.05, 3.63) is 35.2 Å². The normalized spacial score (nSPS) is 14.7. The zero-order chi connectivity index (χ0) is 19.6. The number of nitrogens with one attached hydrogen (secondary N) is 2. The van der Waals surface area contributed by atoms with Crippen molar-refractivity contribution in [3.63, 3.8) is 0 Å². The number of benzene rings is 1. The molecule has 2 aromatic rings. The molecule has 8 heteroatoms. The lowest BCUT2D eigenvalue weighted by Crippen LogP contribution is -2.37. The Labute approximate surface area is 163 Å². The third kappa shape index (κ3) is 4.68. The molecule has 1 fully saturated rings. The first-order valence-electron chi connectivity index (χ1n) is 9.06. The number of hydrogen-bond donors (Lipinski definition) is 2. The Balaban J connectivity index is 1.50. The van der Waals surface area contributed by atoms with Crippen LogP contribution in [-0.4, -0.2) is 38.4 Å². The summed E-state index contributed by atoms with van der Waals surface area (Å²) in [6.45, 7) is 5.62. The van der Waals surface area contributed by atoms with E-state index >= 15 is 0 Å². The van der Waals surface area contributed by atoms with Crippen LogP contribution in [0.15, 0.2) is 23.4 Å². The molecule has 1 aliphatic carbocycles. The van der Waals surface area contributed by atoms with E-state index in [1.165, 1.54) is 11.8 Å². The quantitative estimate of drug-likeness (QED) is 0.713. The summed E-state index contributed by atoms with van der Waals surface area (Å²) in [5, 5.41) is 14.3. The minimum atomic E-state index is -0.368. The molecular weight excluding hydrogens is 362 g/mol. The molecule has 2 N–H and O–H groups in total. The average Bonchev–Trinajstić information content (AvgIpc) is 3.41. The van der Waals surface area contributed by atoms with E-state index in [-0.39, 0.29) is 23.6 Å². The van der Waals surface area contributed by atoms with Crippen LogP contribution in [0.1, 0.15) is 42.6 Å². The predicted molar refractivity (Wildman–Crippen MR) is 106 cm³/mol. The molecule has 1 aromatic heterocycles. The van der Waals surface area contributed by atoms with E-state index in [1.54, 1.807) is 6.92 Å². The average molecular weight is 388 g/mol. The third-order valence-electron chi connectivity index (χ3n) is 4.63. The van der Waals surface area contributed by atoms with Crippen molar-refractivity contribution in [2.24, 2.45) is 7.05 Å². The molecule has 0 unspecified atom stereocenters. The minimum absolute atomic E-state index is 0.0658. The maximum absolute atomic E-state index is 12.3. The van der Waals surface area contributed by atoms with Crippen LogP contribution in [0.5, 0.6) is 0 Å². The second-order valence-electron chi connectivity index (χ2n) is 6.97. The van der Waals surface area contributed by atoms with Gasteiger partial charge in [0.05, 0.1) is 11.8 Å². The van der Waals surface area contributed by atoms with E-state index < -0.39 is 0 Å². The van der Waals surface area contributed by atoms with Gasteiger partial charge in [-0.3, -0.25) is 9.59 Å². The molecule has 0 aliphatic heterocycles. The summed E-state index contributed by atoms with van der Waals surface area (Å²) in [7, 11) is 1.93. The number of carbonyl (C=O) groups excluding carboxylic acids is 2. The van der Waals surface area contributed by atoms with Crippen molar-refractivity contribution in [2.45, 2.75) is 49.9 Å². The fourth-order valence-corrected chi connectivity index (χ4v) is 3.69. The summed E-state index contributed by atoms with van der Waals surface area (Å²) in [6.07, 6.45) is 2.31. The van der Waals surface area contributed by atoms with E-state index in [1.807, 2.05) is 43.7 Å². The molecule has 0 saturated heterocycles. The van der Waals surface area contributed by atoms with Crippen molar-refractivity contribution in [1.29, 1.82) is 0 Å². The monoisotopic (exact) mass is 387 g/mol. The van der Waals surface area contributed by atoms with Crippen LogP contribution >= 0.6 is 11.8 Å². The number of rotatable bonds is 7. The molecule has 1 saturated carbocycles. The van der Waals surface area contributed by atoms with Gasteiger partial charge in [0.25, 0.3) is 0 Å². The molecule has 7 nitrogen and oxygen atoms in total. The maximum atomic E-state index is 12.3. The van der Waals surface area contributed by atoms with Gasteiger partial charge in [0, 0.05) is 18.7 Å². The lowest BCUT2D eigenvalue weighted by atomic mass is 10.1. The van der Waals surface area contributed by atoms with E-state index in [0.29, 0.717) is 5.92 Å².